The summed E-state index contributed by atoms with van der Waals surface area (Å²) in [6.07, 6.45) is -12.1. The van der Waals surface area contributed by atoms with Gasteiger partial charge >= 0.3 is 24.0 Å². The molecule has 4 rings (SSSR count). The number of sulfone groups is 1. The monoisotopic (exact) mass is 650 g/mol. The lowest BCUT2D eigenvalue weighted by atomic mass is 9.81. The second-order valence-electron chi connectivity index (χ2n) is 10.8. The molecule has 1 atom stereocenters. The molecule has 1 saturated carbocycles. The highest BCUT2D eigenvalue weighted by Gasteiger charge is 2.73. The third-order valence-corrected chi connectivity index (χ3v) is 10.9. The molecule has 2 aromatic carbocycles. The van der Waals surface area contributed by atoms with Crippen LogP contribution >= 0.6 is 0 Å². The second-order valence-corrected chi connectivity index (χ2v) is 13.1. The van der Waals surface area contributed by atoms with Crippen LogP contribution in [0.4, 0.5) is 36.4 Å². The van der Waals surface area contributed by atoms with Gasteiger partial charge in [0.05, 0.1) is 10.8 Å². The Balaban J connectivity index is 1.76. The number of amides is 1. The van der Waals surface area contributed by atoms with Gasteiger partial charge in [0.25, 0.3) is 0 Å². The fourth-order valence-electron chi connectivity index (χ4n) is 5.89. The Morgan fingerprint density at radius 3 is 1.89 bits per heavy atom. The lowest BCUT2D eigenvalue weighted by Gasteiger charge is -2.33. The minimum Gasteiger partial charge on any atom is -0.481 e. The largest absolute Gasteiger partial charge is 0.481 e. The van der Waals surface area contributed by atoms with Crippen LogP contribution in [0.2, 0.25) is 0 Å². The first-order valence-corrected chi connectivity index (χ1v) is 14.7. The fraction of sp³-hybridized carbons (Fsp3) is 0.481. The maximum absolute atomic E-state index is 14.7. The molecule has 0 unspecified atom stereocenters. The number of carboxylic acid groups (broad SMARTS) is 1. The van der Waals surface area contributed by atoms with E-state index >= 15 is 0 Å². The predicted molar refractivity (Wildman–Crippen MR) is 140 cm³/mol. The number of likely N-dealkylation sites (tertiary alicyclic amines) is 1. The summed E-state index contributed by atoms with van der Waals surface area (Å²) >= 11 is 0. The molecule has 2 fully saturated rings. The molecule has 44 heavy (non-hydrogen) atoms. The van der Waals surface area contributed by atoms with Crippen molar-refractivity contribution in [2.45, 2.75) is 59.8 Å². The van der Waals surface area contributed by atoms with Crippen molar-refractivity contribution in [3.63, 3.8) is 0 Å². The fourth-order valence-corrected chi connectivity index (χ4v) is 7.96. The van der Waals surface area contributed by atoms with E-state index in [4.69, 9.17) is 5.53 Å². The lowest BCUT2D eigenvalue weighted by molar-refractivity contribution is -0.348. The van der Waals surface area contributed by atoms with Gasteiger partial charge in [-0.1, -0.05) is 41.5 Å². The van der Waals surface area contributed by atoms with Crippen LogP contribution in [0.5, 0.6) is 0 Å². The van der Waals surface area contributed by atoms with E-state index in [-0.39, 0.29) is 66.9 Å². The minimum atomic E-state index is -6.37. The SMILES string of the molecule is [N-]=[N+]=Nc1ccc(S(=O)(=O)[C@@]2(c3ccc(C(F)(C(F)(F)F)C(F)(F)F)cc3)CCN(C(=O)[C@H]3CC[C@H](C(=O)O)CC3)C2)cc1. The van der Waals surface area contributed by atoms with Crippen molar-refractivity contribution in [2.24, 2.45) is 17.0 Å². The van der Waals surface area contributed by atoms with Gasteiger partial charge in [-0.3, -0.25) is 9.59 Å². The maximum Gasteiger partial charge on any atom is 0.435 e. The topological polar surface area (TPSA) is 141 Å². The van der Waals surface area contributed by atoms with Crippen molar-refractivity contribution in [3.8, 4) is 0 Å². The number of alkyl halides is 7. The zero-order valence-electron chi connectivity index (χ0n) is 22.6. The standard InChI is InChI=1S/C27H25F7N4O5S/c28-25(26(29,30)31,27(32,33)34)19-7-5-18(6-8-19)24(44(42,43)21-11-9-20(10-12-21)36-37-35)13-14-38(15-24)22(39)16-1-3-17(4-2-16)23(40)41/h5-12,16-17H,1-4,13-15H2,(H,40,41)/t16-,17-,24-/m0/s1. The highest BCUT2D eigenvalue weighted by atomic mass is 32.2. The van der Waals surface area contributed by atoms with Crippen molar-refractivity contribution in [1.29, 1.82) is 0 Å². The summed E-state index contributed by atoms with van der Waals surface area (Å²) in [6.45, 7) is -0.669. The summed E-state index contributed by atoms with van der Waals surface area (Å²) in [7, 11) is -4.55. The second kappa shape index (κ2) is 11.6. The highest BCUT2D eigenvalue weighted by Crippen LogP contribution is 2.54. The number of carbonyl (C=O) groups is 2. The molecule has 1 amide bonds. The Labute approximate surface area is 246 Å². The van der Waals surface area contributed by atoms with E-state index in [9.17, 15) is 53.8 Å². The van der Waals surface area contributed by atoms with Gasteiger partial charge in [0.15, 0.2) is 9.84 Å². The van der Waals surface area contributed by atoms with Crippen molar-refractivity contribution >= 4 is 27.4 Å². The molecule has 1 aliphatic heterocycles. The van der Waals surface area contributed by atoms with Crippen LogP contribution in [0.15, 0.2) is 58.5 Å². The van der Waals surface area contributed by atoms with Crippen molar-refractivity contribution < 1.29 is 53.8 Å². The Kier molecular flexibility index (Phi) is 8.70. The van der Waals surface area contributed by atoms with Gasteiger partial charge in [-0.05, 0) is 55.3 Å². The van der Waals surface area contributed by atoms with E-state index in [0.29, 0.717) is 12.1 Å². The molecule has 0 spiro atoms. The molecule has 2 aliphatic rings. The first-order valence-electron chi connectivity index (χ1n) is 13.2. The molecule has 0 radical (unpaired) electrons. The third-order valence-electron chi connectivity index (χ3n) is 8.38. The maximum atomic E-state index is 14.7. The minimum absolute atomic E-state index is 0.0589. The van der Waals surface area contributed by atoms with Gasteiger partial charge in [-0.15, -0.1) is 0 Å². The van der Waals surface area contributed by atoms with Crippen molar-refractivity contribution in [1.82, 2.24) is 4.90 Å². The number of hydrogen-bond acceptors (Lipinski definition) is 5. The van der Waals surface area contributed by atoms with Crippen LogP contribution in [0.25, 0.3) is 10.4 Å². The molecule has 1 saturated heterocycles. The van der Waals surface area contributed by atoms with Crippen LogP contribution in [0, 0.1) is 11.8 Å². The summed E-state index contributed by atoms with van der Waals surface area (Å²) in [5.74, 6) is -2.69. The number of rotatable bonds is 7. The van der Waals surface area contributed by atoms with Gasteiger partial charge in [0.1, 0.15) is 4.75 Å². The normalized spacial score (nSPS) is 23.2. The van der Waals surface area contributed by atoms with Crippen LogP contribution in [-0.4, -0.2) is 55.7 Å². The summed E-state index contributed by atoms with van der Waals surface area (Å²) < 4.78 is 121. The molecular formula is C27H25F7N4O5S. The number of hydrogen-bond donors (Lipinski definition) is 1. The number of aliphatic carboxylic acids is 1. The van der Waals surface area contributed by atoms with Crippen LogP contribution in [-0.2, 0) is 29.8 Å². The first-order chi connectivity index (χ1) is 20.4. The summed E-state index contributed by atoms with van der Waals surface area (Å²) in [6, 6.07) is 6.41. The van der Waals surface area contributed by atoms with Crippen LogP contribution in [0.3, 0.4) is 0 Å². The Bertz CT molecular complexity index is 1550. The zero-order chi connectivity index (χ0) is 32.7. The highest BCUT2D eigenvalue weighted by molar-refractivity contribution is 7.92. The zero-order valence-corrected chi connectivity index (χ0v) is 23.5. The number of azide groups is 1. The van der Waals surface area contributed by atoms with Crippen molar-refractivity contribution in [3.05, 3.63) is 70.1 Å². The average molecular weight is 651 g/mol. The van der Waals surface area contributed by atoms with Crippen molar-refractivity contribution in [2.75, 3.05) is 13.1 Å². The number of carboxylic acids is 1. The van der Waals surface area contributed by atoms with Gasteiger partial charge in [-0.25, -0.2) is 12.8 Å². The van der Waals surface area contributed by atoms with E-state index < -0.39 is 68.4 Å². The van der Waals surface area contributed by atoms with Gasteiger partial charge in [-0.2, -0.15) is 26.3 Å². The lowest BCUT2D eigenvalue weighted by Crippen LogP contribution is -2.50. The molecule has 17 heteroatoms. The van der Waals surface area contributed by atoms with E-state index in [0.717, 1.165) is 12.1 Å². The number of nitrogens with zero attached hydrogens (tertiary/aromatic N) is 4. The number of benzene rings is 2. The Morgan fingerprint density at radius 1 is 0.886 bits per heavy atom. The predicted octanol–water partition coefficient (Wildman–Crippen LogP) is 6.71. The Hall–Kier alpha value is -3.85. The van der Waals surface area contributed by atoms with Gasteiger partial charge in [0.2, 0.25) is 5.91 Å². The van der Waals surface area contributed by atoms with Crippen LogP contribution < -0.4 is 0 Å². The van der Waals surface area contributed by atoms with E-state index in [1.807, 2.05) is 0 Å². The molecule has 1 N–H and O–H groups in total. The first kappa shape index (κ1) is 33.1. The molecule has 1 aliphatic carbocycles. The molecule has 9 nitrogen and oxygen atoms in total. The number of carbonyl (C=O) groups excluding carboxylic acids is 1. The molecule has 1 heterocycles. The third kappa shape index (κ3) is 5.58. The molecular weight excluding hydrogens is 625 g/mol. The molecule has 238 valence electrons. The van der Waals surface area contributed by atoms with E-state index in [2.05, 4.69) is 10.0 Å². The van der Waals surface area contributed by atoms with Gasteiger partial charge in [0, 0.05) is 35.2 Å². The van der Waals surface area contributed by atoms with E-state index in [1.165, 1.54) is 17.0 Å². The average Bonchev–Trinajstić information content (AvgIpc) is 3.43. The van der Waals surface area contributed by atoms with E-state index in [1.54, 1.807) is 0 Å². The van der Waals surface area contributed by atoms with Gasteiger partial charge < -0.3 is 10.0 Å². The molecule has 2 aromatic rings. The number of halogens is 7. The summed E-state index contributed by atoms with van der Waals surface area (Å²) in [4.78, 5) is 28.2. The molecule has 0 bridgehead atoms. The summed E-state index contributed by atoms with van der Waals surface area (Å²) in [5.41, 5.74) is 0.894. The quantitative estimate of drug-likeness (QED) is 0.154. The molecule has 0 aromatic heterocycles. The summed E-state index contributed by atoms with van der Waals surface area (Å²) in [5, 5.41) is 12.6. The Morgan fingerprint density at radius 2 is 1.41 bits per heavy atom. The smallest absolute Gasteiger partial charge is 0.435 e. The van der Waals surface area contributed by atoms with Crippen LogP contribution in [0.1, 0.15) is 43.2 Å².